The first-order valence-electron chi connectivity index (χ1n) is 10.0. The molecule has 1 unspecified atom stereocenters. The summed E-state index contributed by atoms with van der Waals surface area (Å²) in [4.78, 5) is 36.7. The van der Waals surface area contributed by atoms with Crippen LogP contribution in [0.4, 0.5) is 4.79 Å². The molecule has 2 N–H and O–H groups in total. The van der Waals surface area contributed by atoms with Crippen molar-refractivity contribution in [2.75, 3.05) is 26.3 Å². The lowest BCUT2D eigenvalue weighted by atomic mass is 10.1. The molecule has 31 heavy (non-hydrogen) atoms. The fraction of sp³-hybridized carbons (Fsp3) is 0.450. The quantitative estimate of drug-likeness (QED) is 0.589. The van der Waals surface area contributed by atoms with Crippen LogP contribution in [0.2, 0.25) is 0 Å². The molecule has 11 heteroatoms. The maximum absolute atomic E-state index is 13.0. The molecule has 1 aromatic rings. The molecule has 1 atom stereocenters. The van der Waals surface area contributed by atoms with Gasteiger partial charge in [-0.05, 0) is 38.3 Å². The van der Waals surface area contributed by atoms with E-state index in [1.807, 2.05) is 0 Å². The average Bonchev–Trinajstić information content (AvgIpc) is 2.78. The smallest absolute Gasteiger partial charge is 0.337 e. The third-order valence-electron chi connectivity index (χ3n) is 5.01. The number of carbonyl (C=O) groups is 3. The van der Waals surface area contributed by atoms with Crippen molar-refractivity contribution in [3.63, 3.8) is 0 Å². The van der Waals surface area contributed by atoms with Gasteiger partial charge in [0.2, 0.25) is 10.0 Å². The van der Waals surface area contributed by atoms with Crippen molar-refractivity contribution in [2.24, 2.45) is 0 Å². The minimum absolute atomic E-state index is 0.0600. The van der Waals surface area contributed by atoms with Gasteiger partial charge in [0.25, 0.3) is 0 Å². The number of sulfonamides is 1. The van der Waals surface area contributed by atoms with Gasteiger partial charge >= 0.3 is 18.0 Å². The van der Waals surface area contributed by atoms with Gasteiger partial charge in [-0.25, -0.2) is 18.0 Å². The Kier molecular flexibility index (Phi) is 7.29. The van der Waals surface area contributed by atoms with Crippen LogP contribution in [-0.4, -0.2) is 63.0 Å². The summed E-state index contributed by atoms with van der Waals surface area (Å²) >= 11 is 0. The third-order valence-corrected chi connectivity index (χ3v) is 6.93. The number of rotatable bonds is 7. The minimum Gasteiger partial charge on any atom is -0.463 e. The van der Waals surface area contributed by atoms with Crippen molar-refractivity contribution in [1.82, 2.24) is 14.9 Å². The lowest BCUT2D eigenvalue weighted by molar-refractivity contribution is -0.148. The summed E-state index contributed by atoms with van der Waals surface area (Å²) in [6.45, 7) is 1.57. The standard InChI is InChI=1S/C20H25N3O7S/c1-2-29-18(24)15-12-21-20(26)22-16(15)13-30-19(25)17-10-6-7-11-23(17)31(27,28)14-8-4-3-5-9-14/h3-5,8-9,17H,2,6-7,10-13H2,1H3,(H2,21,22,26). The molecule has 1 fully saturated rings. The molecular formula is C20H25N3O7S. The molecule has 0 saturated carbocycles. The van der Waals surface area contributed by atoms with Crippen LogP contribution >= 0.6 is 0 Å². The molecule has 1 saturated heterocycles. The lowest BCUT2D eigenvalue weighted by Crippen LogP contribution is -2.49. The van der Waals surface area contributed by atoms with E-state index in [0.717, 1.165) is 4.31 Å². The highest BCUT2D eigenvalue weighted by molar-refractivity contribution is 7.89. The summed E-state index contributed by atoms with van der Waals surface area (Å²) < 4.78 is 37.6. The maximum atomic E-state index is 13.0. The van der Waals surface area contributed by atoms with E-state index in [1.54, 1.807) is 25.1 Å². The number of nitrogens with one attached hydrogen (secondary N) is 2. The first-order valence-corrected chi connectivity index (χ1v) is 11.5. The minimum atomic E-state index is -3.87. The van der Waals surface area contributed by atoms with E-state index in [0.29, 0.717) is 19.3 Å². The molecule has 3 rings (SSSR count). The Morgan fingerprint density at radius 2 is 1.90 bits per heavy atom. The van der Waals surface area contributed by atoms with Crippen LogP contribution in [0.15, 0.2) is 46.5 Å². The van der Waals surface area contributed by atoms with E-state index in [-0.39, 0.29) is 42.5 Å². The first kappa shape index (κ1) is 22.8. The van der Waals surface area contributed by atoms with Crippen LogP contribution in [0, 0.1) is 0 Å². The van der Waals surface area contributed by atoms with Crippen LogP contribution < -0.4 is 10.6 Å². The fourth-order valence-corrected chi connectivity index (χ4v) is 5.13. The Hall–Kier alpha value is -2.92. The number of nitrogens with zero attached hydrogens (tertiary/aromatic N) is 1. The van der Waals surface area contributed by atoms with E-state index >= 15 is 0 Å². The second kappa shape index (κ2) is 9.92. The zero-order valence-corrected chi connectivity index (χ0v) is 17.9. The Labute approximate surface area is 180 Å². The van der Waals surface area contributed by atoms with Crippen molar-refractivity contribution >= 4 is 28.0 Å². The Bertz CT molecular complexity index is 976. The number of hydrogen-bond donors (Lipinski definition) is 2. The zero-order chi connectivity index (χ0) is 22.4. The molecular weight excluding hydrogens is 426 g/mol. The summed E-state index contributed by atoms with van der Waals surface area (Å²) in [5, 5.41) is 4.91. The van der Waals surface area contributed by atoms with Gasteiger partial charge in [-0.2, -0.15) is 4.31 Å². The van der Waals surface area contributed by atoms with Crippen LogP contribution in [0.25, 0.3) is 0 Å². The van der Waals surface area contributed by atoms with Crippen molar-refractivity contribution in [3.8, 4) is 0 Å². The molecule has 10 nitrogen and oxygen atoms in total. The molecule has 0 aromatic heterocycles. The largest absolute Gasteiger partial charge is 0.463 e. The second-order valence-corrected chi connectivity index (χ2v) is 8.92. The van der Waals surface area contributed by atoms with Gasteiger partial charge in [0.1, 0.15) is 12.6 Å². The van der Waals surface area contributed by atoms with Crippen molar-refractivity contribution < 1.29 is 32.3 Å². The number of ether oxygens (including phenoxy) is 2. The monoisotopic (exact) mass is 451 g/mol. The van der Waals surface area contributed by atoms with E-state index in [1.165, 1.54) is 12.1 Å². The van der Waals surface area contributed by atoms with E-state index < -0.39 is 34.0 Å². The number of piperidine rings is 1. The van der Waals surface area contributed by atoms with Crippen molar-refractivity contribution in [1.29, 1.82) is 0 Å². The van der Waals surface area contributed by atoms with E-state index in [9.17, 15) is 22.8 Å². The van der Waals surface area contributed by atoms with Gasteiger partial charge < -0.3 is 20.1 Å². The topological polar surface area (TPSA) is 131 Å². The van der Waals surface area contributed by atoms with Gasteiger partial charge in [0.15, 0.2) is 0 Å². The molecule has 2 aliphatic heterocycles. The molecule has 0 bridgehead atoms. The van der Waals surface area contributed by atoms with Gasteiger partial charge in [-0.15, -0.1) is 0 Å². The summed E-state index contributed by atoms with van der Waals surface area (Å²) in [6, 6.07) is 6.39. The number of hydrogen-bond acceptors (Lipinski definition) is 7. The van der Waals surface area contributed by atoms with Crippen LogP contribution in [-0.2, 0) is 29.1 Å². The zero-order valence-electron chi connectivity index (χ0n) is 17.1. The van der Waals surface area contributed by atoms with Crippen molar-refractivity contribution in [2.45, 2.75) is 37.1 Å². The average molecular weight is 452 g/mol. The van der Waals surface area contributed by atoms with Gasteiger partial charge in [-0.3, -0.25) is 4.79 Å². The molecule has 2 aliphatic rings. The molecule has 1 aromatic carbocycles. The summed E-state index contributed by atoms with van der Waals surface area (Å²) in [6.07, 6.45) is 1.64. The Balaban J connectivity index is 1.76. The number of urea groups is 1. The van der Waals surface area contributed by atoms with Crippen LogP contribution in [0.3, 0.4) is 0 Å². The highest BCUT2D eigenvalue weighted by Gasteiger charge is 2.39. The Morgan fingerprint density at radius 1 is 1.16 bits per heavy atom. The summed E-state index contributed by atoms with van der Waals surface area (Å²) in [7, 11) is -3.87. The Morgan fingerprint density at radius 3 is 2.61 bits per heavy atom. The van der Waals surface area contributed by atoms with Crippen molar-refractivity contribution in [3.05, 3.63) is 41.6 Å². The maximum Gasteiger partial charge on any atom is 0.337 e. The first-order chi connectivity index (χ1) is 14.8. The molecule has 0 radical (unpaired) electrons. The SMILES string of the molecule is CCOC(=O)C1=C(COC(=O)C2CCCCN2S(=O)(=O)c2ccccc2)NC(=O)NC1. The molecule has 2 heterocycles. The normalized spacial score (nSPS) is 19.9. The highest BCUT2D eigenvalue weighted by Crippen LogP contribution is 2.26. The predicted molar refractivity (Wildman–Crippen MR) is 109 cm³/mol. The predicted octanol–water partition coefficient (Wildman–Crippen LogP) is 0.903. The number of carbonyl (C=O) groups excluding carboxylic acids is 3. The van der Waals surface area contributed by atoms with E-state index in [4.69, 9.17) is 9.47 Å². The van der Waals surface area contributed by atoms with Gasteiger partial charge in [-0.1, -0.05) is 18.2 Å². The number of benzene rings is 1. The van der Waals surface area contributed by atoms with Gasteiger partial charge in [0, 0.05) is 6.54 Å². The molecule has 168 valence electrons. The van der Waals surface area contributed by atoms with Gasteiger partial charge in [0.05, 0.1) is 29.3 Å². The molecule has 0 aliphatic carbocycles. The number of esters is 2. The molecule has 0 spiro atoms. The van der Waals surface area contributed by atoms with Crippen LogP contribution in [0.1, 0.15) is 26.2 Å². The molecule has 2 amide bonds. The lowest BCUT2D eigenvalue weighted by Gasteiger charge is -2.33. The van der Waals surface area contributed by atoms with E-state index in [2.05, 4.69) is 10.6 Å². The number of amides is 2. The van der Waals surface area contributed by atoms with Crippen LogP contribution in [0.5, 0.6) is 0 Å². The second-order valence-electron chi connectivity index (χ2n) is 7.03. The fourth-order valence-electron chi connectivity index (χ4n) is 3.46. The highest BCUT2D eigenvalue weighted by atomic mass is 32.2. The summed E-state index contributed by atoms with van der Waals surface area (Å²) in [5.41, 5.74) is 0.260. The third kappa shape index (κ3) is 5.23. The summed E-state index contributed by atoms with van der Waals surface area (Å²) in [5.74, 6) is -1.37.